The fourth-order valence-electron chi connectivity index (χ4n) is 8.75. The van der Waals surface area contributed by atoms with Crippen LogP contribution < -0.4 is 0 Å². The lowest BCUT2D eigenvalue weighted by Gasteiger charge is -2.59. The van der Waals surface area contributed by atoms with Gasteiger partial charge in [-0.2, -0.15) is 16.8 Å². The third-order valence-corrected chi connectivity index (χ3v) is 11.3. The standard InChI is InChI=1S/C27H44O9S2/c1-17(2)6-5-7-18(16-28)21-10-11-22-20-9-8-19-14-24(35-37(29,30)31)25(36-38(32,33)34)15-27(19,4)23(20)12-13-26(21,22)3/h5,7-8,17-18,20-25,28H,6,9-16H2,1-4H3,(H,29,30,31)(H,32,33,34)/b7-5+/t18-,20-,21+,22-,23-,24?,25?,26+,27-/m0/s1. The van der Waals surface area contributed by atoms with Gasteiger partial charge in [-0.25, -0.2) is 8.37 Å². The van der Waals surface area contributed by atoms with Crippen molar-refractivity contribution < 1.29 is 39.4 Å². The number of aliphatic hydroxyl groups is 1. The molecule has 4 aliphatic rings. The fraction of sp³-hybridized carbons (Fsp3) is 0.852. The molecule has 3 N–H and O–H groups in total. The molecule has 38 heavy (non-hydrogen) atoms. The van der Waals surface area contributed by atoms with E-state index in [1.165, 1.54) is 0 Å². The van der Waals surface area contributed by atoms with Crippen LogP contribution in [0.3, 0.4) is 0 Å². The zero-order valence-corrected chi connectivity index (χ0v) is 24.5. The molecule has 9 nitrogen and oxygen atoms in total. The number of hydrogen-bond donors (Lipinski definition) is 3. The van der Waals surface area contributed by atoms with Crippen molar-refractivity contribution >= 4 is 20.8 Å². The molecule has 0 saturated heterocycles. The summed E-state index contributed by atoms with van der Waals surface area (Å²) >= 11 is 0. The second-order valence-corrected chi connectivity index (χ2v) is 15.0. The average Bonchev–Trinajstić information content (AvgIpc) is 3.12. The smallest absolute Gasteiger partial charge is 0.396 e. The molecule has 0 aromatic heterocycles. The lowest BCUT2D eigenvalue weighted by molar-refractivity contribution is -0.0794. The van der Waals surface area contributed by atoms with E-state index in [0.29, 0.717) is 23.7 Å². The molecule has 3 saturated carbocycles. The molecule has 0 aromatic carbocycles. The van der Waals surface area contributed by atoms with Crippen LogP contribution in [-0.4, -0.2) is 49.9 Å². The number of fused-ring (bicyclic) bond motifs is 5. The lowest BCUT2D eigenvalue weighted by Crippen LogP contribution is -2.54. The number of allylic oxidation sites excluding steroid dienone is 2. The first-order chi connectivity index (χ1) is 17.6. The van der Waals surface area contributed by atoms with E-state index in [1.807, 2.05) is 0 Å². The number of rotatable bonds is 9. The molecule has 218 valence electrons. The molecule has 0 radical (unpaired) electrons. The van der Waals surface area contributed by atoms with Gasteiger partial charge in [-0.1, -0.05) is 51.5 Å². The van der Waals surface area contributed by atoms with Gasteiger partial charge in [0.1, 0.15) is 12.2 Å². The summed E-state index contributed by atoms with van der Waals surface area (Å²) in [5.41, 5.74) is 0.629. The maximum absolute atomic E-state index is 11.6. The van der Waals surface area contributed by atoms with Crippen molar-refractivity contribution in [1.82, 2.24) is 0 Å². The minimum absolute atomic E-state index is 0.0913. The Labute approximate surface area is 228 Å². The molecule has 0 bridgehead atoms. The largest absolute Gasteiger partial charge is 0.397 e. The van der Waals surface area contributed by atoms with Crippen LogP contribution in [0.2, 0.25) is 0 Å². The van der Waals surface area contributed by atoms with Crippen molar-refractivity contribution in [3.8, 4) is 0 Å². The molecule has 2 unspecified atom stereocenters. The van der Waals surface area contributed by atoms with Gasteiger partial charge in [-0.3, -0.25) is 9.11 Å². The summed E-state index contributed by atoms with van der Waals surface area (Å²) in [6, 6.07) is 0. The Morgan fingerprint density at radius 1 is 1.03 bits per heavy atom. The quantitative estimate of drug-likeness (QED) is 0.261. The van der Waals surface area contributed by atoms with Crippen LogP contribution in [0.1, 0.15) is 79.1 Å². The van der Waals surface area contributed by atoms with Gasteiger partial charge in [0, 0.05) is 12.5 Å². The summed E-state index contributed by atoms with van der Waals surface area (Å²) in [5.74, 6) is 2.17. The van der Waals surface area contributed by atoms with Gasteiger partial charge in [-0.15, -0.1) is 0 Å². The van der Waals surface area contributed by atoms with Gasteiger partial charge >= 0.3 is 20.8 Å². The first kappa shape index (κ1) is 30.1. The van der Waals surface area contributed by atoms with E-state index in [0.717, 1.165) is 44.1 Å². The summed E-state index contributed by atoms with van der Waals surface area (Å²) in [5, 5.41) is 10.3. The predicted molar refractivity (Wildman–Crippen MR) is 143 cm³/mol. The van der Waals surface area contributed by atoms with Crippen LogP contribution in [0, 0.1) is 46.3 Å². The van der Waals surface area contributed by atoms with E-state index in [1.54, 1.807) is 0 Å². The minimum Gasteiger partial charge on any atom is -0.396 e. The molecule has 4 rings (SSSR count). The van der Waals surface area contributed by atoms with Gasteiger partial charge in [0.25, 0.3) is 0 Å². The van der Waals surface area contributed by atoms with Crippen LogP contribution >= 0.6 is 0 Å². The second-order valence-electron chi connectivity index (χ2n) is 12.9. The molecule has 0 amide bonds. The highest BCUT2D eigenvalue weighted by atomic mass is 32.3. The van der Waals surface area contributed by atoms with Crippen LogP contribution in [0.4, 0.5) is 0 Å². The molecule has 0 aliphatic heterocycles. The maximum atomic E-state index is 11.6. The van der Waals surface area contributed by atoms with Crippen LogP contribution in [0.5, 0.6) is 0 Å². The van der Waals surface area contributed by atoms with Gasteiger partial charge in [-0.05, 0) is 91.8 Å². The summed E-state index contributed by atoms with van der Waals surface area (Å²) in [6.45, 7) is 8.98. The van der Waals surface area contributed by atoms with Gasteiger partial charge < -0.3 is 5.11 Å². The van der Waals surface area contributed by atoms with Crippen molar-refractivity contribution in [3.05, 3.63) is 23.8 Å². The Morgan fingerprint density at radius 2 is 1.68 bits per heavy atom. The fourth-order valence-corrected chi connectivity index (χ4v) is 9.76. The van der Waals surface area contributed by atoms with Crippen LogP contribution in [-0.2, 0) is 29.2 Å². The van der Waals surface area contributed by atoms with Gasteiger partial charge in [0.2, 0.25) is 0 Å². The first-order valence-electron chi connectivity index (χ1n) is 13.9. The Kier molecular flexibility index (Phi) is 8.62. The van der Waals surface area contributed by atoms with Crippen LogP contribution in [0.25, 0.3) is 0 Å². The Morgan fingerprint density at radius 3 is 2.29 bits per heavy atom. The van der Waals surface area contributed by atoms with Crippen molar-refractivity contribution in [1.29, 1.82) is 0 Å². The molecule has 0 aromatic rings. The van der Waals surface area contributed by atoms with Crippen molar-refractivity contribution in [2.24, 2.45) is 46.3 Å². The predicted octanol–water partition coefficient (Wildman–Crippen LogP) is 4.76. The zero-order chi connectivity index (χ0) is 28.1. The monoisotopic (exact) mass is 576 g/mol. The summed E-state index contributed by atoms with van der Waals surface area (Å²) in [6.07, 6.45) is 10.2. The first-order valence-corrected chi connectivity index (χ1v) is 16.6. The molecular weight excluding hydrogens is 532 g/mol. The highest BCUT2D eigenvalue weighted by molar-refractivity contribution is 7.81. The van der Waals surface area contributed by atoms with E-state index in [-0.39, 0.29) is 36.7 Å². The van der Waals surface area contributed by atoms with E-state index in [2.05, 4.69) is 45.9 Å². The highest BCUT2D eigenvalue weighted by Gasteiger charge is 2.60. The summed E-state index contributed by atoms with van der Waals surface area (Å²) in [4.78, 5) is 0. The van der Waals surface area contributed by atoms with E-state index >= 15 is 0 Å². The molecular formula is C27H44O9S2. The third-order valence-electron chi connectivity index (χ3n) is 10.4. The van der Waals surface area contributed by atoms with Crippen molar-refractivity contribution in [3.63, 3.8) is 0 Å². The second kappa shape index (κ2) is 10.9. The van der Waals surface area contributed by atoms with Crippen molar-refractivity contribution in [2.75, 3.05) is 6.61 Å². The highest BCUT2D eigenvalue weighted by Crippen LogP contribution is 2.67. The van der Waals surface area contributed by atoms with E-state index in [4.69, 9.17) is 8.37 Å². The molecule has 11 heteroatoms. The zero-order valence-electron chi connectivity index (χ0n) is 22.8. The molecule has 0 spiro atoms. The summed E-state index contributed by atoms with van der Waals surface area (Å²) < 4.78 is 74.6. The number of aliphatic hydroxyl groups excluding tert-OH is 1. The SMILES string of the molecule is CC(C)C/C=C/[C@@H](CO)[C@H]1CC[C@H]2[C@@H]3CC=C4CC(OS(=O)(=O)O)C(OS(=O)(=O)O)C[C@]4(C)[C@H]3CC[C@]12C. The normalized spacial score (nSPS) is 40.5. The average molecular weight is 577 g/mol. The summed E-state index contributed by atoms with van der Waals surface area (Å²) in [7, 11) is -9.72. The lowest BCUT2D eigenvalue weighted by atomic mass is 9.46. The van der Waals surface area contributed by atoms with Gasteiger partial charge in [0.15, 0.2) is 0 Å². The van der Waals surface area contributed by atoms with Crippen LogP contribution in [0.15, 0.2) is 23.8 Å². The van der Waals surface area contributed by atoms with E-state index < -0.39 is 38.4 Å². The molecule has 3 fully saturated rings. The molecule has 4 aliphatic carbocycles. The Hall–Kier alpha value is -0.820. The van der Waals surface area contributed by atoms with E-state index in [9.17, 15) is 31.0 Å². The number of hydrogen-bond acceptors (Lipinski definition) is 7. The Balaban J connectivity index is 1.60. The Bertz CT molecular complexity index is 1150. The third kappa shape index (κ3) is 6.09. The topological polar surface area (TPSA) is 147 Å². The molecule has 0 heterocycles. The van der Waals surface area contributed by atoms with Crippen molar-refractivity contribution in [2.45, 2.75) is 91.3 Å². The maximum Gasteiger partial charge on any atom is 0.397 e. The van der Waals surface area contributed by atoms with Gasteiger partial charge in [0.05, 0.1) is 0 Å². The molecule has 9 atom stereocenters. The minimum atomic E-state index is -4.87.